The van der Waals surface area contributed by atoms with E-state index in [9.17, 15) is 0 Å². The van der Waals surface area contributed by atoms with E-state index in [1.807, 2.05) is 12.1 Å². The molecule has 7 rings (SSSR count). The molecule has 1 aromatic heterocycles. The second-order valence-electron chi connectivity index (χ2n) is 9.98. The maximum absolute atomic E-state index is 6.63. The van der Waals surface area contributed by atoms with Gasteiger partial charge in [0.1, 0.15) is 11.2 Å². The van der Waals surface area contributed by atoms with Gasteiger partial charge < -0.3 is 10.2 Å². The Bertz CT molecular complexity index is 1770. The molecule has 6 aromatic rings. The maximum Gasteiger partial charge on any atom is 0.143 e. The van der Waals surface area contributed by atoms with Crippen LogP contribution in [0.3, 0.4) is 0 Å². The summed E-state index contributed by atoms with van der Waals surface area (Å²) in [5.74, 6) is 0. The SMILES string of the molecule is CC1(C)c2ccccc2-c2ccc(N)c(-c3ccc(-c4cccc5c4oc4ccccc45)cc3)c21. The van der Waals surface area contributed by atoms with Crippen molar-refractivity contribution < 1.29 is 4.42 Å². The Hall–Kier alpha value is -4.30. The van der Waals surface area contributed by atoms with Crippen LogP contribution in [0.4, 0.5) is 5.69 Å². The van der Waals surface area contributed by atoms with E-state index in [4.69, 9.17) is 10.2 Å². The second kappa shape index (κ2) is 7.10. The summed E-state index contributed by atoms with van der Waals surface area (Å²) < 4.78 is 6.28. The zero-order chi connectivity index (χ0) is 23.7. The van der Waals surface area contributed by atoms with Crippen LogP contribution in [-0.4, -0.2) is 0 Å². The van der Waals surface area contributed by atoms with E-state index in [0.717, 1.165) is 49.9 Å². The standard InChI is InChI=1S/C33H25NO/c1-33(2)27-12-5-3-8-23(27)25-18-19-28(34)30(31(25)33)21-16-14-20(15-17-21)22-10-7-11-26-24-9-4-6-13-29(24)35-32(22)26/h3-19H,34H2,1-2H3. The molecule has 0 bridgehead atoms. The van der Waals surface area contributed by atoms with E-state index >= 15 is 0 Å². The van der Waals surface area contributed by atoms with Crippen molar-refractivity contribution in [2.45, 2.75) is 19.3 Å². The molecule has 2 N–H and O–H groups in total. The lowest BCUT2D eigenvalue weighted by Gasteiger charge is -2.25. The number of hydrogen-bond donors (Lipinski definition) is 1. The Morgan fingerprint density at radius 1 is 0.600 bits per heavy atom. The molecule has 1 aliphatic carbocycles. The number of para-hydroxylation sites is 2. The third-order valence-corrected chi connectivity index (χ3v) is 7.64. The third-order valence-electron chi connectivity index (χ3n) is 7.64. The van der Waals surface area contributed by atoms with E-state index in [2.05, 4.69) is 105 Å². The molecule has 0 amide bonds. The van der Waals surface area contributed by atoms with E-state index in [0.29, 0.717) is 0 Å². The Balaban J connectivity index is 1.39. The Kier molecular flexibility index (Phi) is 4.08. The minimum atomic E-state index is -0.116. The van der Waals surface area contributed by atoms with Gasteiger partial charge >= 0.3 is 0 Å². The minimum absolute atomic E-state index is 0.116. The van der Waals surface area contributed by atoms with E-state index in [1.165, 1.54) is 22.3 Å². The molecule has 0 unspecified atom stereocenters. The molecule has 0 saturated heterocycles. The summed E-state index contributed by atoms with van der Waals surface area (Å²) in [4.78, 5) is 0. The van der Waals surface area contributed by atoms with Crippen LogP contribution in [0.1, 0.15) is 25.0 Å². The summed E-state index contributed by atoms with van der Waals surface area (Å²) >= 11 is 0. The minimum Gasteiger partial charge on any atom is -0.455 e. The molecule has 2 heteroatoms. The molecule has 0 radical (unpaired) electrons. The predicted molar refractivity (Wildman–Crippen MR) is 147 cm³/mol. The van der Waals surface area contributed by atoms with Gasteiger partial charge in [0, 0.05) is 33.0 Å². The molecule has 168 valence electrons. The highest BCUT2D eigenvalue weighted by molar-refractivity contribution is 6.09. The summed E-state index contributed by atoms with van der Waals surface area (Å²) in [7, 11) is 0. The van der Waals surface area contributed by atoms with Gasteiger partial charge in [-0.3, -0.25) is 0 Å². The van der Waals surface area contributed by atoms with Crippen LogP contribution in [-0.2, 0) is 5.41 Å². The summed E-state index contributed by atoms with van der Waals surface area (Å²) in [6, 6.07) is 36.3. The number of rotatable bonds is 2. The third kappa shape index (κ3) is 2.77. The Morgan fingerprint density at radius 3 is 2.14 bits per heavy atom. The van der Waals surface area contributed by atoms with Gasteiger partial charge in [0.15, 0.2) is 0 Å². The average Bonchev–Trinajstić information content (AvgIpc) is 3.37. The molecular formula is C33H25NO. The van der Waals surface area contributed by atoms with E-state index in [1.54, 1.807) is 0 Å². The zero-order valence-electron chi connectivity index (χ0n) is 19.8. The fourth-order valence-electron chi connectivity index (χ4n) is 5.99. The zero-order valence-corrected chi connectivity index (χ0v) is 19.8. The lowest BCUT2D eigenvalue weighted by atomic mass is 9.78. The van der Waals surface area contributed by atoms with Gasteiger partial charge in [0.25, 0.3) is 0 Å². The van der Waals surface area contributed by atoms with Gasteiger partial charge in [-0.05, 0) is 45.5 Å². The first kappa shape index (κ1) is 20.1. The second-order valence-corrected chi connectivity index (χ2v) is 9.98. The summed E-state index contributed by atoms with van der Waals surface area (Å²) in [6.45, 7) is 4.61. The van der Waals surface area contributed by atoms with Crippen molar-refractivity contribution in [1.29, 1.82) is 0 Å². The van der Waals surface area contributed by atoms with Crippen LogP contribution in [0.25, 0.3) is 55.3 Å². The molecular weight excluding hydrogens is 426 g/mol. The van der Waals surface area contributed by atoms with Gasteiger partial charge in [-0.25, -0.2) is 0 Å². The molecule has 1 heterocycles. The highest BCUT2D eigenvalue weighted by atomic mass is 16.3. The average molecular weight is 452 g/mol. The van der Waals surface area contributed by atoms with Gasteiger partial charge in [-0.2, -0.15) is 0 Å². The van der Waals surface area contributed by atoms with Crippen molar-refractivity contribution in [2.75, 3.05) is 5.73 Å². The highest BCUT2D eigenvalue weighted by Crippen LogP contribution is 2.53. The molecule has 0 atom stereocenters. The molecule has 0 saturated carbocycles. The Labute approximate surface area is 204 Å². The van der Waals surface area contributed by atoms with Crippen LogP contribution in [0.15, 0.2) is 108 Å². The predicted octanol–water partition coefficient (Wildman–Crippen LogP) is 8.81. The van der Waals surface area contributed by atoms with Gasteiger partial charge in [0.05, 0.1) is 0 Å². The van der Waals surface area contributed by atoms with E-state index in [-0.39, 0.29) is 5.41 Å². The van der Waals surface area contributed by atoms with Crippen molar-refractivity contribution in [3.63, 3.8) is 0 Å². The van der Waals surface area contributed by atoms with E-state index < -0.39 is 0 Å². The summed E-state index contributed by atoms with van der Waals surface area (Å²) in [6.07, 6.45) is 0. The summed E-state index contributed by atoms with van der Waals surface area (Å²) in [5, 5.41) is 2.29. The first-order chi connectivity index (χ1) is 17.0. The molecule has 5 aromatic carbocycles. The van der Waals surface area contributed by atoms with Crippen molar-refractivity contribution in [3.05, 3.63) is 114 Å². The number of fused-ring (bicyclic) bond motifs is 6. The van der Waals surface area contributed by atoms with Crippen molar-refractivity contribution in [2.24, 2.45) is 0 Å². The maximum atomic E-state index is 6.63. The number of nitrogen functional groups attached to an aromatic ring is 1. The van der Waals surface area contributed by atoms with Crippen molar-refractivity contribution in [1.82, 2.24) is 0 Å². The molecule has 0 fully saturated rings. The van der Waals surface area contributed by atoms with Gasteiger partial charge in [-0.1, -0.05) is 105 Å². The summed E-state index contributed by atoms with van der Waals surface area (Å²) in [5.41, 5.74) is 18.9. The fraction of sp³-hybridized carbons (Fsp3) is 0.0909. The highest BCUT2D eigenvalue weighted by Gasteiger charge is 2.38. The van der Waals surface area contributed by atoms with Crippen LogP contribution in [0, 0.1) is 0 Å². The molecule has 0 spiro atoms. The monoisotopic (exact) mass is 451 g/mol. The first-order valence-corrected chi connectivity index (χ1v) is 12.1. The largest absolute Gasteiger partial charge is 0.455 e. The van der Waals surface area contributed by atoms with Crippen LogP contribution in [0.5, 0.6) is 0 Å². The van der Waals surface area contributed by atoms with Crippen LogP contribution in [0.2, 0.25) is 0 Å². The quantitative estimate of drug-likeness (QED) is 0.267. The Morgan fingerprint density at radius 2 is 1.29 bits per heavy atom. The number of benzene rings is 5. The van der Waals surface area contributed by atoms with Crippen LogP contribution < -0.4 is 5.73 Å². The van der Waals surface area contributed by atoms with Crippen LogP contribution >= 0.6 is 0 Å². The van der Waals surface area contributed by atoms with Gasteiger partial charge in [-0.15, -0.1) is 0 Å². The first-order valence-electron chi connectivity index (χ1n) is 12.1. The number of furan rings is 1. The lowest BCUT2D eigenvalue weighted by Crippen LogP contribution is -2.17. The number of anilines is 1. The van der Waals surface area contributed by atoms with Crippen molar-refractivity contribution in [3.8, 4) is 33.4 Å². The molecule has 0 aliphatic heterocycles. The fourth-order valence-corrected chi connectivity index (χ4v) is 5.99. The normalized spacial score (nSPS) is 13.8. The lowest BCUT2D eigenvalue weighted by molar-refractivity contribution is 0.662. The van der Waals surface area contributed by atoms with Gasteiger partial charge in [0.2, 0.25) is 0 Å². The number of nitrogens with two attached hydrogens (primary N) is 1. The molecule has 2 nitrogen and oxygen atoms in total. The topological polar surface area (TPSA) is 39.2 Å². The molecule has 35 heavy (non-hydrogen) atoms. The number of hydrogen-bond acceptors (Lipinski definition) is 2. The smallest absolute Gasteiger partial charge is 0.143 e. The molecule has 1 aliphatic rings. The van der Waals surface area contributed by atoms with Crippen molar-refractivity contribution >= 4 is 27.6 Å².